The zero-order valence-corrected chi connectivity index (χ0v) is 10.3. The maximum atomic E-state index is 12.2. The van der Waals surface area contributed by atoms with Crippen molar-refractivity contribution in [1.82, 2.24) is 0 Å². The number of amides is 1. The molecule has 1 aliphatic carbocycles. The molecule has 0 bridgehead atoms. The summed E-state index contributed by atoms with van der Waals surface area (Å²) < 4.78 is 0. The van der Waals surface area contributed by atoms with E-state index in [0.29, 0.717) is 12.8 Å². The third kappa shape index (κ3) is 1.52. The fourth-order valence-corrected chi connectivity index (χ4v) is 2.92. The number of carbonyl (C=O) groups is 1. The summed E-state index contributed by atoms with van der Waals surface area (Å²) in [6, 6.07) is 4.18. The summed E-state index contributed by atoms with van der Waals surface area (Å²) in [6.45, 7) is 1.98. The van der Waals surface area contributed by atoms with E-state index in [-0.39, 0.29) is 5.91 Å². The Bertz CT molecular complexity index is 454. The molecule has 1 aliphatic rings. The SMILES string of the molecule is Cc1ccsc1N(C)C(=O)C1(C#N)CCC1. The van der Waals surface area contributed by atoms with Crippen molar-refractivity contribution in [3.63, 3.8) is 0 Å². The van der Waals surface area contributed by atoms with E-state index >= 15 is 0 Å². The number of thiophene rings is 1. The summed E-state index contributed by atoms with van der Waals surface area (Å²) in [5.74, 6) is -0.0493. The number of anilines is 1. The van der Waals surface area contributed by atoms with E-state index < -0.39 is 5.41 Å². The molecular formula is C12H14N2OS. The van der Waals surface area contributed by atoms with Crippen molar-refractivity contribution >= 4 is 22.2 Å². The molecule has 0 radical (unpaired) electrons. The highest BCUT2D eigenvalue weighted by Gasteiger charge is 2.46. The lowest BCUT2D eigenvalue weighted by atomic mass is 9.69. The minimum absolute atomic E-state index is 0.0493. The molecule has 0 N–H and O–H groups in total. The molecule has 16 heavy (non-hydrogen) atoms. The highest BCUT2D eigenvalue weighted by atomic mass is 32.1. The van der Waals surface area contributed by atoms with Crippen molar-refractivity contribution in [2.75, 3.05) is 11.9 Å². The number of nitrogens with zero attached hydrogens (tertiary/aromatic N) is 2. The maximum Gasteiger partial charge on any atom is 0.247 e. The van der Waals surface area contributed by atoms with Crippen LogP contribution in [0.1, 0.15) is 24.8 Å². The fourth-order valence-electron chi connectivity index (χ4n) is 2.03. The Morgan fingerprint density at radius 1 is 1.62 bits per heavy atom. The third-order valence-corrected chi connectivity index (χ3v) is 4.37. The van der Waals surface area contributed by atoms with E-state index in [1.165, 1.54) is 0 Å². The zero-order chi connectivity index (χ0) is 11.8. The standard InChI is InChI=1S/C12H14N2OS/c1-9-4-7-16-10(9)14(2)11(15)12(8-13)5-3-6-12/h4,7H,3,5-6H2,1-2H3. The van der Waals surface area contributed by atoms with Crippen LogP contribution in [0.3, 0.4) is 0 Å². The number of hydrogen-bond acceptors (Lipinski definition) is 3. The normalized spacial score (nSPS) is 17.3. The topological polar surface area (TPSA) is 44.1 Å². The lowest BCUT2D eigenvalue weighted by molar-refractivity contribution is -0.128. The molecule has 0 aromatic carbocycles. The molecular weight excluding hydrogens is 220 g/mol. The van der Waals surface area contributed by atoms with Crippen LogP contribution in [-0.4, -0.2) is 13.0 Å². The lowest BCUT2D eigenvalue weighted by Crippen LogP contribution is -2.45. The average molecular weight is 234 g/mol. The molecule has 2 rings (SSSR count). The Morgan fingerprint density at radius 3 is 2.69 bits per heavy atom. The second kappa shape index (κ2) is 3.91. The molecule has 0 atom stereocenters. The van der Waals surface area contributed by atoms with Crippen LogP contribution < -0.4 is 4.90 Å². The zero-order valence-electron chi connectivity index (χ0n) is 9.49. The Hall–Kier alpha value is -1.34. The lowest BCUT2D eigenvalue weighted by Gasteiger charge is -2.36. The van der Waals surface area contributed by atoms with E-state index in [2.05, 4.69) is 6.07 Å². The molecule has 1 fully saturated rings. The summed E-state index contributed by atoms with van der Waals surface area (Å²) in [5.41, 5.74) is 0.346. The van der Waals surface area contributed by atoms with Crippen molar-refractivity contribution in [3.05, 3.63) is 17.0 Å². The highest BCUT2D eigenvalue weighted by molar-refractivity contribution is 7.14. The molecule has 1 aromatic heterocycles. The number of nitriles is 1. The van der Waals surface area contributed by atoms with Gasteiger partial charge in [-0.15, -0.1) is 11.3 Å². The highest BCUT2D eigenvalue weighted by Crippen LogP contribution is 2.43. The average Bonchev–Trinajstić information content (AvgIpc) is 2.62. The van der Waals surface area contributed by atoms with E-state index in [0.717, 1.165) is 17.0 Å². The van der Waals surface area contributed by atoms with Gasteiger partial charge in [0, 0.05) is 7.05 Å². The first-order valence-electron chi connectivity index (χ1n) is 5.34. The van der Waals surface area contributed by atoms with Crippen LogP contribution in [0.2, 0.25) is 0 Å². The molecule has 0 unspecified atom stereocenters. The van der Waals surface area contributed by atoms with E-state index in [4.69, 9.17) is 5.26 Å². The van der Waals surface area contributed by atoms with Gasteiger partial charge in [-0.05, 0) is 43.2 Å². The van der Waals surface area contributed by atoms with Gasteiger partial charge in [-0.1, -0.05) is 0 Å². The minimum atomic E-state index is -0.745. The van der Waals surface area contributed by atoms with Crippen molar-refractivity contribution < 1.29 is 4.79 Å². The van der Waals surface area contributed by atoms with Crippen molar-refractivity contribution in [2.45, 2.75) is 26.2 Å². The van der Waals surface area contributed by atoms with E-state index in [1.54, 1.807) is 23.3 Å². The monoisotopic (exact) mass is 234 g/mol. The Labute approximate surface area is 99.3 Å². The first-order valence-corrected chi connectivity index (χ1v) is 6.22. The molecule has 1 aromatic rings. The number of hydrogen-bond donors (Lipinski definition) is 0. The molecule has 0 spiro atoms. The van der Waals surface area contributed by atoms with Gasteiger partial charge in [-0.2, -0.15) is 5.26 Å². The van der Waals surface area contributed by atoms with Gasteiger partial charge < -0.3 is 4.90 Å². The van der Waals surface area contributed by atoms with Crippen LogP contribution in [0.4, 0.5) is 5.00 Å². The van der Waals surface area contributed by atoms with Gasteiger partial charge in [0.1, 0.15) is 10.4 Å². The summed E-state index contributed by atoms with van der Waals surface area (Å²) in [7, 11) is 1.76. The van der Waals surface area contributed by atoms with Gasteiger partial charge in [-0.25, -0.2) is 0 Å². The molecule has 1 amide bonds. The Kier molecular flexibility index (Phi) is 2.73. The molecule has 0 saturated heterocycles. The molecule has 1 heterocycles. The first kappa shape index (κ1) is 11.2. The van der Waals surface area contributed by atoms with Crippen LogP contribution in [0, 0.1) is 23.7 Å². The molecule has 84 valence electrons. The van der Waals surface area contributed by atoms with Crippen molar-refractivity contribution in [1.29, 1.82) is 5.26 Å². The second-order valence-electron chi connectivity index (χ2n) is 4.32. The van der Waals surface area contributed by atoms with Gasteiger partial charge in [0.05, 0.1) is 6.07 Å². The predicted octanol–water partition coefficient (Wildman–Crippen LogP) is 2.71. The molecule has 0 aliphatic heterocycles. The summed E-state index contributed by atoms with van der Waals surface area (Å²) in [6.07, 6.45) is 2.39. The van der Waals surface area contributed by atoms with E-state index in [9.17, 15) is 4.79 Å². The summed E-state index contributed by atoms with van der Waals surface area (Å²) in [5, 5.41) is 12.0. The third-order valence-electron chi connectivity index (χ3n) is 3.27. The van der Waals surface area contributed by atoms with Gasteiger partial charge in [0.2, 0.25) is 5.91 Å². The van der Waals surface area contributed by atoms with Crippen LogP contribution in [0.25, 0.3) is 0 Å². The van der Waals surface area contributed by atoms with E-state index in [1.807, 2.05) is 18.4 Å². The number of aryl methyl sites for hydroxylation is 1. The largest absolute Gasteiger partial charge is 0.305 e. The van der Waals surface area contributed by atoms with Crippen molar-refractivity contribution in [2.24, 2.45) is 5.41 Å². The van der Waals surface area contributed by atoms with Crippen molar-refractivity contribution in [3.8, 4) is 6.07 Å². The predicted molar refractivity (Wildman–Crippen MR) is 64.4 cm³/mol. The number of carbonyl (C=O) groups excluding carboxylic acids is 1. The van der Waals surface area contributed by atoms with Gasteiger partial charge >= 0.3 is 0 Å². The Morgan fingerprint density at radius 2 is 2.31 bits per heavy atom. The summed E-state index contributed by atoms with van der Waals surface area (Å²) >= 11 is 1.54. The second-order valence-corrected chi connectivity index (χ2v) is 5.21. The molecule has 4 heteroatoms. The fraction of sp³-hybridized carbons (Fsp3) is 0.500. The first-order chi connectivity index (χ1) is 7.60. The molecule has 3 nitrogen and oxygen atoms in total. The summed E-state index contributed by atoms with van der Waals surface area (Å²) in [4.78, 5) is 13.9. The quantitative estimate of drug-likeness (QED) is 0.789. The van der Waals surface area contributed by atoms with Gasteiger partial charge in [0.25, 0.3) is 0 Å². The maximum absolute atomic E-state index is 12.2. The molecule has 1 saturated carbocycles. The van der Waals surface area contributed by atoms with Gasteiger partial charge in [0.15, 0.2) is 0 Å². The van der Waals surface area contributed by atoms with Crippen LogP contribution in [-0.2, 0) is 4.79 Å². The van der Waals surface area contributed by atoms with Crippen LogP contribution in [0.5, 0.6) is 0 Å². The van der Waals surface area contributed by atoms with Crippen LogP contribution >= 0.6 is 11.3 Å². The Balaban J connectivity index is 2.24. The smallest absolute Gasteiger partial charge is 0.247 e. The number of rotatable bonds is 2. The van der Waals surface area contributed by atoms with Gasteiger partial charge in [-0.3, -0.25) is 4.79 Å². The van der Waals surface area contributed by atoms with Crippen LogP contribution in [0.15, 0.2) is 11.4 Å². The minimum Gasteiger partial charge on any atom is -0.305 e.